The lowest BCUT2D eigenvalue weighted by molar-refractivity contribution is -0.125. The summed E-state index contributed by atoms with van der Waals surface area (Å²) in [4.78, 5) is 39.2. The highest BCUT2D eigenvalue weighted by atomic mass is 32.2. The van der Waals surface area contributed by atoms with E-state index in [9.17, 15) is 14.4 Å². The van der Waals surface area contributed by atoms with Crippen molar-refractivity contribution >= 4 is 35.2 Å². The number of para-hydroxylation sites is 1. The molecule has 9 heteroatoms. The summed E-state index contributed by atoms with van der Waals surface area (Å²) in [6, 6.07) is 15.6. The average molecular weight is 426 g/mol. The van der Waals surface area contributed by atoms with Crippen molar-refractivity contribution in [3.05, 3.63) is 65.7 Å². The van der Waals surface area contributed by atoms with Gasteiger partial charge >= 0.3 is 0 Å². The minimum Gasteiger partial charge on any atom is -0.338 e. The van der Waals surface area contributed by atoms with Crippen LogP contribution in [0.2, 0.25) is 0 Å². The van der Waals surface area contributed by atoms with Crippen LogP contribution in [0, 0.1) is 0 Å². The molecule has 0 saturated carbocycles. The summed E-state index contributed by atoms with van der Waals surface area (Å²) >= 11 is 1.26. The molecule has 156 valence electrons. The van der Waals surface area contributed by atoms with Gasteiger partial charge in [-0.05, 0) is 30.2 Å². The van der Waals surface area contributed by atoms with Gasteiger partial charge in [0, 0.05) is 17.8 Å². The Balaban J connectivity index is 1.30. The highest BCUT2D eigenvalue weighted by molar-refractivity contribution is 8.00. The van der Waals surface area contributed by atoms with Gasteiger partial charge in [-0.2, -0.15) is 0 Å². The Kier molecular flexibility index (Phi) is 6.03. The number of nitrogens with one attached hydrogen (secondary N) is 3. The second kappa shape index (κ2) is 8.86. The standard InChI is InChI=1S/C21H23N5O3S/c22-18-17(23-19(28)14-7-2-1-3-8-14)20(29)25-21(24-18)30-12-16(27)26-11-10-13-6-4-5-9-15(13)26/h1-9,17-18,21,24H,10-12,22H2,(H,23,28)(H,25,29). The molecule has 2 aliphatic rings. The third-order valence-corrected chi connectivity index (χ3v) is 6.14. The predicted octanol–water partition coefficient (Wildman–Crippen LogP) is 0.395. The fraction of sp³-hybridized carbons (Fsp3) is 0.286. The summed E-state index contributed by atoms with van der Waals surface area (Å²) in [5, 5.41) is 8.46. The zero-order chi connectivity index (χ0) is 21.1. The van der Waals surface area contributed by atoms with Crippen molar-refractivity contribution in [1.29, 1.82) is 0 Å². The quantitative estimate of drug-likeness (QED) is 0.551. The topological polar surface area (TPSA) is 117 Å². The van der Waals surface area contributed by atoms with Gasteiger partial charge < -0.3 is 21.3 Å². The molecule has 2 heterocycles. The summed E-state index contributed by atoms with van der Waals surface area (Å²) in [6.07, 6.45) is 0.0742. The number of anilines is 1. The van der Waals surface area contributed by atoms with Crippen LogP contribution < -0.4 is 26.6 Å². The molecule has 0 radical (unpaired) electrons. The molecule has 5 N–H and O–H groups in total. The van der Waals surface area contributed by atoms with Crippen LogP contribution >= 0.6 is 11.8 Å². The van der Waals surface area contributed by atoms with Gasteiger partial charge in [0.2, 0.25) is 11.8 Å². The van der Waals surface area contributed by atoms with E-state index in [2.05, 4.69) is 16.0 Å². The number of hydrogen-bond acceptors (Lipinski definition) is 6. The van der Waals surface area contributed by atoms with Crippen LogP contribution in [0.25, 0.3) is 0 Å². The van der Waals surface area contributed by atoms with E-state index in [-0.39, 0.29) is 23.5 Å². The lowest BCUT2D eigenvalue weighted by Gasteiger charge is -2.35. The van der Waals surface area contributed by atoms with Crippen LogP contribution in [-0.2, 0) is 16.0 Å². The number of carbonyl (C=O) groups excluding carboxylic acids is 3. The predicted molar refractivity (Wildman–Crippen MR) is 116 cm³/mol. The number of fused-ring (bicyclic) bond motifs is 1. The molecule has 8 nitrogen and oxygen atoms in total. The number of rotatable bonds is 5. The van der Waals surface area contributed by atoms with Crippen molar-refractivity contribution in [2.75, 3.05) is 17.2 Å². The average Bonchev–Trinajstić information content (AvgIpc) is 3.19. The molecular weight excluding hydrogens is 402 g/mol. The van der Waals surface area contributed by atoms with E-state index in [1.54, 1.807) is 35.2 Å². The molecule has 0 aliphatic carbocycles. The maximum atomic E-state index is 12.7. The van der Waals surface area contributed by atoms with Crippen LogP contribution in [0.5, 0.6) is 0 Å². The maximum Gasteiger partial charge on any atom is 0.252 e. The first kappa shape index (κ1) is 20.4. The van der Waals surface area contributed by atoms with E-state index in [1.165, 1.54) is 17.3 Å². The molecule has 2 aliphatic heterocycles. The number of carbonyl (C=O) groups is 3. The monoisotopic (exact) mass is 425 g/mol. The van der Waals surface area contributed by atoms with Crippen molar-refractivity contribution < 1.29 is 14.4 Å². The van der Waals surface area contributed by atoms with Gasteiger partial charge in [0.1, 0.15) is 11.5 Å². The molecular formula is C21H23N5O3S. The second-order valence-corrected chi connectivity index (χ2v) is 8.23. The largest absolute Gasteiger partial charge is 0.338 e. The molecule has 1 fully saturated rings. The highest BCUT2D eigenvalue weighted by Crippen LogP contribution is 2.28. The molecule has 2 aromatic rings. The molecule has 3 atom stereocenters. The Morgan fingerprint density at radius 2 is 1.87 bits per heavy atom. The molecule has 3 amide bonds. The smallest absolute Gasteiger partial charge is 0.252 e. The molecule has 4 rings (SSSR count). The van der Waals surface area contributed by atoms with Crippen molar-refractivity contribution in [2.45, 2.75) is 24.1 Å². The molecule has 0 spiro atoms. The number of nitrogens with two attached hydrogens (primary N) is 1. The summed E-state index contributed by atoms with van der Waals surface area (Å²) < 4.78 is 0. The number of hydrogen-bond donors (Lipinski definition) is 4. The molecule has 0 aromatic heterocycles. The summed E-state index contributed by atoms with van der Waals surface area (Å²) in [5.74, 6) is -0.585. The lowest BCUT2D eigenvalue weighted by atomic mass is 10.1. The maximum absolute atomic E-state index is 12.7. The summed E-state index contributed by atoms with van der Waals surface area (Å²) in [6.45, 7) is 0.663. The Morgan fingerprint density at radius 1 is 1.13 bits per heavy atom. The van der Waals surface area contributed by atoms with Gasteiger partial charge in [0.05, 0.1) is 11.9 Å². The van der Waals surface area contributed by atoms with E-state index in [0.29, 0.717) is 12.1 Å². The number of amides is 3. The minimum absolute atomic E-state index is 0.0194. The Morgan fingerprint density at radius 3 is 2.63 bits per heavy atom. The van der Waals surface area contributed by atoms with Crippen LogP contribution in [0.3, 0.4) is 0 Å². The van der Waals surface area contributed by atoms with Crippen molar-refractivity contribution in [1.82, 2.24) is 16.0 Å². The van der Waals surface area contributed by atoms with E-state index in [4.69, 9.17) is 5.73 Å². The number of thioether (sulfide) groups is 1. The third-order valence-electron chi connectivity index (χ3n) is 5.14. The van der Waals surface area contributed by atoms with Crippen LogP contribution in [0.1, 0.15) is 15.9 Å². The normalized spacial score (nSPS) is 22.9. The SMILES string of the molecule is NC1NC(SCC(=O)N2CCc3ccccc32)NC(=O)C1NC(=O)c1ccccc1. The van der Waals surface area contributed by atoms with Crippen LogP contribution in [0.15, 0.2) is 54.6 Å². The molecule has 2 aromatic carbocycles. The van der Waals surface area contributed by atoms with Crippen molar-refractivity contribution in [2.24, 2.45) is 5.73 Å². The number of benzene rings is 2. The van der Waals surface area contributed by atoms with Gasteiger partial charge in [-0.15, -0.1) is 11.8 Å². The van der Waals surface area contributed by atoms with Crippen LogP contribution in [0.4, 0.5) is 5.69 Å². The van der Waals surface area contributed by atoms with Crippen molar-refractivity contribution in [3.63, 3.8) is 0 Å². The van der Waals surface area contributed by atoms with E-state index in [0.717, 1.165) is 12.1 Å². The molecule has 3 unspecified atom stereocenters. The Hall–Kier alpha value is -2.88. The van der Waals surface area contributed by atoms with Gasteiger partial charge in [0.25, 0.3) is 5.91 Å². The first-order chi connectivity index (χ1) is 14.5. The third kappa shape index (κ3) is 4.33. The zero-order valence-corrected chi connectivity index (χ0v) is 17.0. The summed E-state index contributed by atoms with van der Waals surface area (Å²) in [5.41, 5.74) is 8.13. The van der Waals surface area contributed by atoms with Crippen molar-refractivity contribution in [3.8, 4) is 0 Å². The zero-order valence-electron chi connectivity index (χ0n) is 16.2. The fourth-order valence-corrected chi connectivity index (χ4v) is 4.50. The molecule has 0 bridgehead atoms. The van der Waals surface area contributed by atoms with Gasteiger partial charge in [-0.1, -0.05) is 36.4 Å². The lowest BCUT2D eigenvalue weighted by Crippen LogP contribution is -2.70. The number of nitrogens with zero attached hydrogens (tertiary/aromatic N) is 1. The summed E-state index contributed by atoms with van der Waals surface area (Å²) in [7, 11) is 0. The first-order valence-corrected chi connectivity index (χ1v) is 10.8. The molecule has 1 saturated heterocycles. The van der Waals surface area contributed by atoms with E-state index < -0.39 is 17.7 Å². The minimum atomic E-state index is -0.907. The van der Waals surface area contributed by atoms with Gasteiger partial charge in [-0.25, -0.2) is 0 Å². The first-order valence-electron chi connectivity index (χ1n) is 9.71. The van der Waals surface area contributed by atoms with E-state index in [1.807, 2.05) is 24.3 Å². The van der Waals surface area contributed by atoms with E-state index >= 15 is 0 Å². The fourth-order valence-electron chi connectivity index (χ4n) is 3.58. The Bertz CT molecular complexity index is 955. The molecule has 30 heavy (non-hydrogen) atoms. The van der Waals surface area contributed by atoms with Gasteiger partial charge in [0.15, 0.2) is 0 Å². The second-order valence-electron chi connectivity index (χ2n) is 7.13. The Labute approximate surface area is 178 Å². The highest BCUT2D eigenvalue weighted by Gasteiger charge is 2.36. The van der Waals surface area contributed by atoms with Gasteiger partial charge in [-0.3, -0.25) is 19.7 Å². The van der Waals surface area contributed by atoms with Crippen LogP contribution in [-0.4, -0.2) is 47.7 Å².